The van der Waals surface area contributed by atoms with E-state index < -0.39 is 10.0 Å². The van der Waals surface area contributed by atoms with Crippen molar-refractivity contribution in [2.45, 2.75) is 31.1 Å². The Hall–Kier alpha value is -2.22. The average Bonchev–Trinajstić information content (AvgIpc) is 2.75. The lowest BCUT2D eigenvalue weighted by Crippen LogP contribution is -2.40. The van der Waals surface area contributed by atoms with Gasteiger partial charge in [0.05, 0.1) is 24.0 Å². The number of carbonyl (C=O) groups is 1. The van der Waals surface area contributed by atoms with Crippen LogP contribution in [0, 0.1) is 5.92 Å². The Balaban J connectivity index is 1.82. The molecule has 0 bridgehead atoms. The fraction of sp³-hybridized carbons (Fsp3) is 0.409. The Bertz CT molecular complexity index is 925. The van der Waals surface area contributed by atoms with E-state index in [1.54, 1.807) is 18.2 Å². The molecule has 0 spiro atoms. The summed E-state index contributed by atoms with van der Waals surface area (Å²) in [6.45, 7) is 5.57. The normalized spacial score (nSPS) is 17.4. The number of rotatable bonds is 7. The zero-order valence-corrected chi connectivity index (χ0v) is 17.7. The van der Waals surface area contributed by atoms with Crippen LogP contribution >= 0.6 is 0 Å². The maximum absolute atomic E-state index is 13.1. The molecule has 1 amide bonds. The van der Waals surface area contributed by atoms with Crippen LogP contribution < -0.4 is 5.32 Å². The van der Waals surface area contributed by atoms with Gasteiger partial charge in [-0.15, -0.1) is 0 Å². The van der Waals surface area contributed by atoms with Crippen LogP contribution in [0.4, 0.5) is 5.69 Å². The lowest BCUT2D eigenvalue weighted by molar-refractivity contribution is -0.118. The highest BCUT2D eigenvalue weighted by molar-refractivity contribution is 7.89. The smallest absolute Gasteiger partial charge is 0.243 e. The van der Waals surface area contributed by atoms with Gasteiger partial charge < -0.3 is 10.1 Å². The molecule has 156 valence electrons. The van der Waals surface area contributed by atoms with E-state index in [1.807, 2.05) is 30.3 Å². The van der Waals surface area contributed by atoms with Gasteiger partial charge in [-0.05, 0) is 29.7 Å². The molecule has 2 atom stereocenters. The third kappa shape index (κ3) is 5.04. The van der Waals surface area contributed by atoms with Crippen LogP contribution in [-0.2, 0) is 19.6 Å². The lowest BCUT2D eigenvalue weighted by atomic mass is 9.85. The third-order valence-electron chi connectivity index (χ3n) is 5.36. The molecule has 0 aromatic heterocycles. The van der Waals surface area contributed by atoms with Crippen LogP contribution in [0.5, 0.6) is 0 Å². The summed E-state index contributed by atoms with van der Waals surface area (Å²) in [5, 5.41) is 2.92. The maximum Gasteiger partial charge on any atom is 0.243 e. The van der Waals surface area contributed by atoms with E-state index >= 15 is 0 Å². The van der Waals surface area contributed by atoms with Crippen LogP contribution in [0.15, 0.2) is 59.5 Å². The second-order valence-corrected chi connectivity index (χ2v) is 9.25. The first-order valence-electron chi connectivity index (χ1n) is 9.97. The molecule has 2 aromatic carbocycles. The van der Waals surface area contributed by atoms with Gasteiger partial charge in [0.25, 0.3) is 0 Å². The van der Waals surface area contributed by atoms with Crippen LogP contribution in [-0.4, -0.2) is 44.9 Å². The molecule has 0 unspecified atom stereocenters. The number of ether oxygens (including phenoxy) is 1. The zero-order valence-electron chi connectivity index (χ0n) is 16.9. The van der Waals surface area contributed by atoms with Gasteiger partial charge in [-0.25, -0.2) is 8.42 Å². The molecule has 3 rings (SSSR count). The summed E-state index contributed by atoms with van der Waals surface area (Å²) in [4.78, 5) is 13.3. The molecule has 1 N–H and O–H groups in total. The second-order valence-electron chi connectivity index (χ2n) is 7.31. The monoisotopic (exact) mass is 416 g/mol. The summed E-state index contributed by atoms with van der Waals surface area (Å²) < 4.78 is 32.5. The minimum atomic E-state index is -3.61. The Morgan fingerprint density at radius 3 is 2.45 bits per heavy atom. The lowest BCUT2D eigenvalue weighted by Gasteiger charge is -2.26. The SMILES string of the molecule is CC[C@H](C)[C@H](C(=O)Nc1cccc(S(=O)(=O)N2CCOCC2)c1)c1ccccc1. The summed E-state index contributed by atoms with van der Waals surface area (Å²) >= 11 is 0. The third-order valence-corrected chi connectivity index (χ3v) is 7.26. The molecule has 29 heavy (non-hydrogen) atoms. The van der Waals surface area contributed by atoms with E-state index in [9.17, 15) is 13.2 Å². The van der Waals surface area contributed by atoms with E-state index in [1.165, 1.54) is 10.4 Å². The highest BCUT2D eigenvalue weighted by Gasteiger charge is 2.28. The molecular formula is C22H28N2O4S. The van der Waals surface area contributed by atoms with Gasteiger partial charge >= 0.3 is 0 Å². The van der Waals surface area contributed by atoms with Gasteiger partial charge in [0.2, 0.25) is 15.9 Å². The summed E-state index contributed by atoms with van der Waals surface area (Å²) in [5.74, 6) is -0.287. The Kier molecular flexibility index (Phi) is 7.05. The van der Waals surface area contributed by atoms with E-state index in [0.717, 1.165) is 12.0 Å². The van der Waals surface area contributed by atoms with Crippen LogP contribution in [0.1, 0.15) is 31.7 Å². The van der Waals surface area contributed by atoms with E-state index in [2.05, 4.69) is 19.2 Å². The van der Waals surface area contributed by atoms with Gasteiger partial charge in [0.1, 0.15) is 0 Å². The molecule has 2 aromatic rings. The van der Waals surface area contributed by atoms with Crippen molar-refractivity contribution < 1.29 is 17.9 Å². The fourth-order valence-electron chi connectivity index (χ4n) is 3.52. The van der Waals surface area contributed by atoms with Crippen molar-refractivity contribution in [2.75, 3.05) is 31.6 Å². The molecule has 1 heterocycles. The first kappa shape index (κ1) is 21.5. The highest BCUT2D eigenvalue weighted by atomic mass is 32.2. The van der Waals surface area contributed by atoms with Crippen molar-refractivity contribution in [2.24, 2.45) is 5.92 Å². The molecular weight excluding hydrogens is 388 g/mol. The summed E-state index contributed by atoms with van der Waals surface area (Å²) in [5.41, 5.74) is 1.44. The molecule has 1 fully saturated rings. The standard InChI is InChI=1S/C22H28N2O4S/c1-3-17(2)21(18-8-5-4-6-9-18)22(25)23-19-10-7-11-20(16-19)29(26,27)24-12-14-28-15-13-24/h4-11,16-17,21H,3,12-15H2,1-2H3,(H,23,25)/t17-,21-/m0/s1. The molecule has 0 radical (unpaired) electrons. The van der Waals surface area contributed by atoms with Crippen LogP contribution in [0.3, 0.4) is 0 Å². The van der Waals surface area contributed by atoms with Crippen LogP contribution in [0.2, 0.25) is 0 Å². The number of hydrogen-bond acceptors (Lipinski definition) is 4. The van der Waals surface area contributed by atoms with Crippen molar-refractivity contribution in [1.82, 2.24) is 4.31 Å². The number of nitrogens with zero attached hydrogens (tertiary/aromatic N) is 1. The predicted molar refractivity (Wildman–Crippen MR) is 113 cm³/mol. The number of sulfonamides is 1. The minimum absolute atomic E-state index is 0.133. The number of morpholine rings is 1. The fourth-order valence-corrected chi connectivity index (χ4v) is 4.98. The first-order chi connectivity index (χ1) is 13.9. The Morgan fingerprint density at radius 2 is 1.79 bits per heavy atom. The zero-order chi connectivity index (χ0) is 20.9. The number of nitrogens with one attached hydrogen (secondary N) is 1. The molecule has 0 saturated carbocycles. The largest absolute Gasteiger partial charge is 0.379 e. The van der Waals surface area contributed by atoms with Crippen molar-refractivity contribution in [3.05, 3.63) is 60.2 Å². The predicted octanol–water partition coefficient (Wildman–Crippen LogP) is 3.48. The van der Waals surface area contributed by atoms with Crippen molar-refractivity contribution in [3.63, 3.8) is 0 Å². The van der Waals surface area contributed by atoms with Crippen molar-refractivity contribution >= 4 is 21.6 Å². The molecule has 1 aliphatic heterocycles. The molecule has 1 aliphatic rings. The van der Waals surface area contributed by atoms with Crippen molar-refractivity contribution in [3.8, 4) is 0 Å². The van der Waals surface area contributed by atoms with E-state index in [-0.39, 0.29) is 22.6 Å². The second kappa shape index (κ2) is 9.52. The van der Waals surface area contributed by atoms with Gasteiger partial charge in [-0.2, -0.15) is 4.31 Å². The average molecular weight is 417 g/mol. The van der Waals surface area contributed by atoms with Crippen molar-refractivity contribution in [1.29, 1.82) is 0 Å². The molecule has 7 heteroatoms. The molecule has 1 saturated heterocycles. The Morgan fingerprint density at radius 1 is 1.10 bits per heavy atom. The van der Waals surface area contributed by atoms with Gasteiger partial charge in [0, 0.05) is 18.8 Å². The van der Waals surface area contributed by atoms with Gasteiger partial charge in [-0.3, -0.25) is 4.79 Å². The summed E-state index contributed by atoms with van der Waals surface area (Å²) in [7, 11) is -3.61. The van der Waals surface area contributed by atoms with E-state index in [0.29, 0.717) is 32.0 Å². The minimum Gasteiger partial charge on any atom is -0.379 e. The number of hydrogen-bond donors (Lipinski definition) is 1. The first-order valence-corrected chi connectivity index (χ1v) is 11.4. The highest BCUT2D eigenvalue weighted by Crippen LogP contribution is 2.29. The maximum atomic E-state index is 13.1. The summed E-state index contributed by atoms with van der Waals surface area (Å²) in [6, 6.07) is 16.1. The van der Waals surface area contributed by atoms with Crippen LogP contribution in [0.25, 0.3) is 0 Å². The number of carbonyl (C=O) groups excluding carboxylic acids is 1. The molecule has 6 nitrogen and oxygen atoms in total. The summed E-state index contributed by atoms with van der Waals surface area (Å²) in [6.07, 6.45) is 0.860. The molecule has 0 aliphatic carbocycles. The quantitative estimate of drug-likeness (QED) is 0.750. The Labute approximate surface area is 172 Å². The van der Waals surface area contributed by atoms with E-state index in [4.69, 9.17) is 4.74 Å². The number of amides is 1. The van der Waals surface area contributed by atoms with Gasteiger partial charge in [-0.1, -0.05) is 56.7 Å². The van der Waals surface area contributed by atoms with Gasteiger partial charge in [0.15, 0.2) is 0 Å². The number of anilines is 1. The number of benzene rings is 2. The topological polar surface area (TPSA) is 75.7 Å².